The second-order valence-corrected chi connectivity index (χ2v) is 8.44. The number of amides is 2. The summed E-state index contributed by atoms with van der Waals surface area (Å²) in [5.41, 5.74) is 0.0406. The molecule has 7 heteroatoms. The first-order valence-electron chi connectivity index (χ1n) is 9.09. The molecule has 27 heavy (non-hydrogen) atoms. The van der Waals surface area contributed by atoms with Gasteiger partial charge in [-0.25, -0.2) is 4.79 Å². The van der Waals surface area contributed by atoms with Gasteiger partial charge in [-0.3, -0.25) is 9.59 Å². The first-order valence-corrected chi connectivity index (χ1v) is 9.88. The Morgan fingerprint density at radius 1 is 1.11 bits per heavy atom. The molecule has 0 fully saturated rings. The highest BCUT2D eigenvalue weighted by Crippen LogP contribution is 2.16. The van der Waals surface area contributed by atoms with Crippen LogP contribution in [0.5, 0.6) is 0 Å². The van der Waals surface area contributed by atoms with Crippen LogP contribution >= 0.6 is 15.9 Å². The van der Waals surface area contributed by atoms with E-state index in [0.29, 0.717) is 5.69 Å². The van der Waals surface area contributed by atoms with Gasteiger partial charge in [0.15, 0.2) is 5.78 Å². The largest absolute Gasteiger partial charge is 0.460 e. The van der Waals surface area contributed by atoms with Crippen molar-refractivity contribution in [3.8, 4) is 0 Å². The molecule has 0 aliphatic carbocycles. The molecule has 2 amide bonds. The van der Waals surface area contributed by atoms with Crippen LogP contribution in [0.25, 0.3) is 0 Å². The summed E-state index contributed by atoms with van der Waals surface area (Å²) in [5.74, 6) is -0.647. The minimum atomic E-state index is -0.659. The molecule has 6 nitrogen and oxygen atoms in total. The Morgan fingerprint density at radius 2 is 1.70 bits per heavy atom. The number of benzene rings is 1. The molecular weight excluding hydrogens is 412 g/mol. The van der Waals surface area contributed by atoms with Crippen molar-refractivity contribution >= 4 is 39.4 Å². The van der Waals surface area contributed by atoms with Crippen molar-refractivity contribution < 1.29 is 19.1 Å². The molecule has 0 radical (unpaired) electrons. The third-order valence-corrected chi connectivity index (χ3v) is 4.47. The molecule has 0 saturated heterocycles. The van der Waals surface area contributed by atoms with E-state index in [1.54, 1.807) is 32.9 Å². The zero-order chi connectivity index (χ0) is 20.6. The zero-order valence-corrected chi connectivity index (χ0v) is 18.2. The second-order valence-electron chi connectivity index (χ2n) is 7.52. The van der Waals surface area contributed by atoms with Crippen LogP contribution < -0.4 is 10.6 Å². The van der Waals surface area contributed by atoms with E-state index in [9.17, 15) is 14.4 Å². The number of nitrogens with one attached hydrogen (secondary N) is 2. The number of carbonyl (C=O) groups excluding carboxylic acids is 3. The number of Topliss-reactive ketones (excluding diaryl/α,β-unsaturated/α-hetero) is 1. The highest BCUT2D eigenvalue weighted by Gasteiger charge is 2.27. The molecule has 1 aromatic rings. The lowest BCUT2D eigenvalue weighted by atomic mass is 9.93. The van der Waals surface area contributed by atoms with E-state index in [1.165, 1.54) is 0 Å². The van der Waals surface area contributed by atoms with Crippen molar-refractivity contribution in [2.45, 2.75) is 65.5 Å². The molecular formula is C20H29BrN2O4. The summed E-state index contributed by atoms with van der Waals surface area (Å²) in [7, 11) is 0. The third kappa shape index (κ3) is 9.04. The van der Waals surface area contributed by atoms with Crippen LogP contribution in [0.4, 0.5) is 10.5 Å². The van der Waals surface area contributed by atoms with Crippen molar-refractivity contribution in [3.63, 3.8) is 0 Å². The van der Waals surface area contributed by atoms with Gasteiger partial charge in [-0.1, -0.05) is 36.2 Å². The van der Waals surface area contributed by atoms with Crippen LogP contribution in [-0.2, 0) is 14.3 Å². The van der Waals surface area contributed by atoms with Crippen LogP contribution in [0.3, 0.4) is 0 Å². The maximum absolute atomic E-state index is 12.6. The quantitative estimate of drug-likeness (QED) is 0.574. The fourth-order valence-electron chi connectivity index (χ4n) is 2.39. The first-order chi connectivity index (χ1) is 12.5. The minimum Gasteiger partial charge on any atom is -0.460 e. The van der Waals surface area contributed by atoms with Crippen LogP contribution in [0.1, 0.15) is 53.9 Å². The molecule has 0 aliphatic rings. The molecule has 0 bridgehead atoms. The van der Waals surface area contributed by atoms with E-state index < -0.39 is 23.6 Å². The number of hydrogen-bond acceptors (Lipinski definition) is 4. The number of halogens is 1. The molecule has 150 valence electrons. The summed E-state index contributed by atoms with van der Waals surface area (Å²) < 4.78 is 6.14. The van der Waals surface area contributed by atoms with E-state index in [1.807, 2.05) is 26.0 Å². The average Bonchev–Trinajstić information content (AvgIpc) is 2.57. The predicted octanol–water partition coefficient (Wildman–Crippen LogP) is 4.68. The van der Waals surface area contributed by atoms with Crippen molar-refractivity contribution in [1.29, 1.82) is 0 Å². The van der Waals surface area contributed by atoms with Gasteiger partial charge in [0.05, 0.1) is 12.5 Å². The van der Waals surface area contributed by atoms with Gasteiger partial charge in [0.2, 0.25) is 0 Å². The lowest BCUT2D eigenvalue weighted by Crippen LogP contribution is -2.47. The summed E-state index contributed by atoms with van der Waals surface area (Å²) in [4.78, 5) is 36.7. The molecule has 1 rings (SSSR count). The van der Waals surface area contributed by atoms with E-state index >= 15 is 0 Å². The molecule has 2 atom stereocenters. The Morgan fingerprint density at radius 3 is 2.22 bits per heavy atom. The van der Waals surface area contributed by atoms with Gasteiger partial charge >= 0.3 is 12.0 Å². The van der Waals surface area contributed by atoms with Gasteiger partial charge < -0.3 is 15.4 Å². The highest BCUT2D eigenvalue weighted by molar-refractivity contribution is 9.10. The second kappa shape index (κ2) is 10.4. The molecule has 0 saturated carbocycles. The number of anilines is 1. The van der Waals surface area contributed by atoms with Gasteiger partial charge in [-0.05, 0) is 51.0 Å². The van der Waals surface area contributed by atoms with Gasteiger partial charge in [0.1, 0.15) is 5.60 Å². The smallest absolute Gasteiger partial charge is 0.319 e. The van der Waals surface area contributed by atoms with E-state index in [4.69, 9.17) is 4.74 Å². The molecule has 0 heterocycles. The maximum Gasteiger partial charge on any atom is 0.319 e. The zero-order valence-electron chi connectivity index (χ0n) is 16.6. The van der Waals surface area contributed by atoms with Crippen molar-refractivity contribution in [2.24, 2.45) is 5.92 Å². The Labute approximate surface area is 169 Å². The fourth-order valence-corrected chi connectivity index (χ4v) is 2.66. The summed E-state index contributed by atoms with van der Waals surface area (Å²) >= 11 is 3.34. The minimum absolute atomic E-state index is 0.000944. The molecule has 0 unspecified atom stereocenters. The number of hydrogen-bond donors (Lipinski definition) is 2. The van der Waals surface area contributed by atoms with Crippen molar-refractivity contribution in [2.75, 3.05) is 5.32 Å². The molecule has 0 aromatic heterocycles. The first kappa shape index (κ1) is 23.1. The number of esters is 1. The summed E-state index contributed by atoms with van der Waals surface area (Å²) in [6.07, 6.45) is 0.753. The molecule has 0 aliphatic heterocycles. The number of rotatable bonds is 8. The van der Waals surface area contributed by atoms with Gasteiger partial charge in [-0.15, -0.1) is 0 Å². The fraction of sp³-hybridized carbons (Fsp3) is 0.550. The maximum atomic E-state index is 12.6. The highest BCUT2D eigenvalue weighted by atomic mass is 79.9. The Balaban J connectivity index is 2.65. The van der Waals surface area contributed by atoms with Crippen molar-refractivity contribution in [1.82, 2.24) is 5.32 Å². The molecule has 2 N–H and O–H groups in total. The predicted molar refractivity (Wildman–Crippen MR) is 110 cm³/mol. The number of ether oxygens (including phenoxy) is 1. The Kier molecular flexibility index (Phi) is 8.96. The molecule has 0 spiro atoms. The summed E-state index contributed by atoms with van der Waals surface area (Å²) in [6, 6.07) is 6.03. The van der Waals surface area contributed by atoms with Gasteiger partial charge in [-0.2, -0.15) is 0 Å². The van der Waals surface area contributed by atoms with Crippen LogP contribution in [0.15, 0.2) is 28.7 Å². The average molecular weight is 441 g/mol. The van der Waals surface area contributed by atoms with Gasteiger partial charge in [0.25, 0.3) is 0 Å². The van der Waals surface area contributed by atoms with Gasteiger partial charge in [0, 0.05) is 16.6 Å². The topological polar surface area (TPSA) is 84.5 Å². The number of urea groups is 1. The monoisotopic (exact) mass is 440 g/mol. The van der Waals surface area contributed by atoms with E-state index in [2.05, 4.69) is 26.6 Å². The lowest BCUT2D eigenvalue weighted by Gasteiger charge is -2.24. The van der Waals surface area contributed by atoms with E-state index in [0.717, 1.165) is 10.9 Å². The van der Waals surface area contributed by atoms with Crippen molar-refractivity contribution in [3.05, 3.63) is 28.7 Å². The van der Waals surface area contributed by atoms with E-state index in [-0.39, 0.29) is 24.5 Å². The lowest BCUT2D eigenvalue weighted by molar-refractivity contribution is -0.155. The summed E-state index contributed by atoms with van der Waals surface area (Å²) in [6.45, 7) is 9.19. The number of carbonyl (C=O) groups is 3. The SMILES string of the molecule is CC[C@@H](C)[C@@H](NC(=O)Nc1ccc(Br)cc1)C(=O)CCC(=O)OC(C)(C)C. The van der Waals surface area contributed by atoms with Crippen LogP contribution in [0, 0.1) is 5.92 Å². The molecule has 1 aromatic carbocycles. The summed E-state index contributed by atoms with van der Waals surface area (Å²) in [5, 5.41) is 5.45. The third-order valence-electron chi connectivity index (χ3n) is 3.94. The standard InChI is InChI=1S/C20H29BrN2O4/c1-6-13(2)18(16(24)11-12-17(25)27-20(3,4)5)23-19(26)22-15-9-7-14(21)8-10-15/h7-10,13,18H,6,11-12H2,1-5H3,(H2,22,23,26)/t13-,18-/m1/s1. The van der Waals surface area contributed by atoms with Crippen LogP contribution in [0.2, 0.25) is 0 Å². The Bertz CT molecular complexity index is 653. The normalized spacial score (nSPS) is 13.4. The Hall–Kier alpha value is -1.89. The number of ketones is 1. The van der Waals surface area contributed by atoms with Crippen LogP contribution in [-0.4, -0.2) is 29.4 Å².